The van der Waals surface area contributed by atoms with Crippen molar-refractivity contribution < 1.29 is 27.9 Å². The average Bonchev–Trinajstić information content (AvgIpc) is 3.09. The number of ether oxygens (including phenoxy) is 1. The third-order valence-corrected chi connectivity index (χ3v) is 4.64. The number of nitrogens with one attached hydrogen (secondary N) is 1. The molecule has 0 saturated carbocycles. The molecule has 1 heterocycles. The summed E-state index contributed by atoms with van der Waals surface area (Å²) in [6.07, 6.45) is -1.18. The summed E-state index contributed by atoms with van der Waals surface area (Å²) in [6, 6.07) is 11.4. The highest BCUT2D eigenvalue weighted by Crippen LogP contribution is 2.28. The molecule has 1 aliphatic rings. The van der Waals surface area contributed by atoms with Gasteiger partial charge in [0.1, 0.15) is 11.6 Å². The molecule has 2 atom stereocenters. The highest BCUT2D eigenvalue weighted by Gasteiger charge is 2.38. The number of carbonyl (C=O) groups excluding carboxylic acids is 3. The summed E-state index contributed by atoms with van der Waals surface area (Å²) in [5.74, 6) is -3.30. The molecular formula is C21H20F2N2O4. The normalized spacial score (nSPS) is 17.1. The van der Waals surface area contributed by atoms with Gasteiger partial charge in [0, 0.05) is 19.5 Å². The Morgan fingerprint density at radius 3 is 2.55 bits per heavy atom. The van der Waals surface area contributed by atoms with Crippen LogP contribution in [-0.4, -0.2) is 30.4 Å². The number of esters is 1. The molecule has 6 nitrogen and oxygen atoms in total. The summed E-state index contributed by atoms with van der Waals surface area (Å²) in [5, 5.41) is 2.60. The van der Waals surface area contributed by atoms with Gasteiger partial charge < -0.3 is 15.0 Å². The lowest BCUT2D eigenvalue weighted by molar-refractivity contribution is -0.158. The number of nitrogens with zero attached hydrogens (tertiary/aromatic N) is 1. The Bertz CT molecular complexity index is 917. The van der Waals surface area contributed by atoms with Gasteiger partial charge in [-0.2, -0.15) is 0 Å². The van der Waals surface area contributed by atoms with E-state index in [1.165, 1.54) is 54.3 Å². The predicted octanol–water partition coefficient (Wildman–Crippen LogP) is 2.57. The molecule has 1 N–H and O–H groups in total. The van der Waals surface area contributed by atoms with Gasteiger partial charge in [-0.15, -0.1) is 0 Å². The third-order valence-electron chi connectivity index (χ3n) is 4.64. The first-order valence-electron chi connectivity index (χ1n) is 9.12. The molecule has 0 aromatic heterocycles. The highest BCUT2D eigenvalue weighted by molar-refractivity contribution is 5.99. The number of anilines is 1. The van der Waals surface area contributed by atoms with E-state index in [1.54, 1.807) is 6.07 Å². The van der Waals surface area contributed by atoms with Crippen molar-refractivity contribution in [2.75, 3.05) is 11.4 Å². The molecule has 0 bridgehead atoms. The van der Waals surface area contributed by atoms with Crippen molar-refractivity contribution in [3.63, 3.8) is 0 Å². The van der Waals surface area contributed by atoms with Crippen molar-refractivity contribution in [2.45, 2.75) is 26.0 Å². The molecule has 0 aliphatic carbocycles. The molecule has 3 rings (SSSR count). The number of amides is 2. The number of rotatable bonds is 6. The van der Waals surface area contributed by atoms with Crippen LogP contribution in [0.4, 0.5) is 14.5 Å². The fourth-order valence-corrected chi connectivity index (χ4v) is 3.03. The van der Waals surface area contributed by atoms with Crippen molar-refractivity contribution in [3.8, 4) is 0 Å². The van der Waals surface area contributed by atoms with E-state index < -0.39 is 29.7 Å². The van der Waals surface area contributed by atoms with Crippen LogP contribution in [-0.2, 0) is 25.7 Å². The van der Waals surface area contributed by atoms with Gasteiger partial charge in [-0.25, -0.2) is 8.78 Å². The maximum atomic E-state index is 13.9. The van der Waals surface area contributed by atoms with Gasteiger partial charge in [-0.1, -0.05) is 24.3 Å². The maximum Gasteiger partial charge on any atom is 0.312 e. The number of carbonyl (C=O) groups is 3. The summed E-state index contributed by atoms with van der Waals surface area (Å²) in [6.45, 7) is 1.57. The Labute approximate surface area is 166 Å². The van der Waals surface area contributed by atoms with Crippen molar-refractivity contribution >= 4 is 23.5 Å². The second-order valence-electron chi connectivity index (χ2n) is 6.78. The van der Waals surface area contributed by atoms with E-state index in [4.69, 9.17) is 4.74 Å². The van der Waals surface area contributed by atoms with Crippen LogP contribution in [0, 0.1) is 17.6 Å². The molecule has 1 aliphatic heterocycles. The van der Waals surface area contributed by atoms with Crippen LogP contribution < -0.4 is 10.2 Å². The van der Waals surface area contributed by atoms with E-state index in [2.05, 4.69) is 5.32 Å². The van der Waals surface area contributed by atoms with Crippen LogP contribution in [0.3, 0.4) is 0 Å². The molecule has 1 fully saturated rings. The van der Waals surface area contributed by atoms with Crippen LogP contribution in [0.1, 0.15) is 18.9 Å². The van der Waals surface area contributed by atoms with Crippen molar-refractivity contribution in [3.05, 3.63) is 65.7 Å². The first-order chi connectivity index (χ1) is 13.8. The van der Waals surface area contributed by atoms with Crippen molar-refractivity contribution in [2.24, 2.45) is 5.92 Å². The van der Waals surface area contributed by atoms with Crippen LogP contribution >= 0.6 is 0 Å². The molecule has 152 valence electrons. The summed E-state index contributed by atoms with van der Waals surface area (Å²) in [4.78, 5) is 37.9. The average molecular weight is 402 g/mol. The van der Waals surface area contributed by atoms with E-state index >= 15 is 0 Å². The summed E-state index contributed by atoms with van der Waals surface area (Å²) in [7, 11) is 0. The molecule has 0 unspecified atom stereocenters. The Kier molecular flexibility index (Phi) is 6.21. The van der Waals surface area contributed by atoms with Gasteiger partial charge >= 0.3 is 5.97 Å². The summed E-state index contributed by atoms with van der Waals surface area (Å²) < 4.78 is 32.0. The predicted molar refractivity (Wildman–Crippen MR) is 101 cm³/mol. The Morgan fingerprint density at radius 2 is 1.86 bits per heavy atom. The fraction of sp³-hybridized carbons (Fsp3) is 0.286. The minimum absolute atomic E-state index is 0.0114. The summed E-state index contributed by atoms with van der Waals surface area (Å²) >= 11 is 0. The largest absolute Gasteiger partial charge is 0.452 e. The van der Waals surface area contributed by atoms with Crippen molar-refractivity contribution in [1.29, 1.82) is 0 Å². The minimum atomic E-state index is -1.07. The minimum Gasteiger partial charge on any atom is -0.452 e. The first-order valence-corrected chi connectivity index (χ1v) is 9.12. The number of benzene rings is 2. The molecule has 8 heteroatoms. The quantitative estimate of drug-likeness (QED) is 0.754. The lowest BCUT2D eigenvalue weighted by atomic mass is 10.1. The van der Waals surface area contributed by atoms with E-state index in [0.717, 1.165) is 0 Å². The molecule has 2 amide bonds. The standard InChI is InChI=1S/C21H20F2N2O4/c1-13(20(27)24-11-14-6-8-16(22)9-7-14)29-21(28)15-10-19(26)25(12-15)18-5-3-2-4-17(18)23/h2-9,13,15H,10-12H2,1H3,(H,24,27)/t13-,15-/m0/s1. The number of halogens is 2. The smallest absolute Gasteiger partial charge is 0.312 e. The van der Waals surface area contributed by atoms with E-state index in [0.29, 0.717) is 5.56 Å². The zero-order chi connectivity index (χ0) is 21.0. The van der Waals surface area contributed by atoms with E-state index in [1.807, 2.05) is 0 Å². The highest BCUT2D eigenvalue weighted by atomic mass is 19.1. The van der Waals surface area contributed by atoms with E-state index in [-0.39, 0.29) is 36.9 Å². The second-order valence-corrected chi connectivity index (χ2v) is 6.78. The Morgan fingerprint density at radius 1 is 1.17 bits per heavy atom. The monoisotopic (exact) mass is 402 g/mol. The molecule has 2 aromatic rings. The van der Waals surface area contributed by atoms with Crippen LogP contribution in [0.15, 0.2) is 48.5 Å². The molecule has 0 spiro atoms. The van der Waals surface area contributed by atoms with Gasteiger partial charge in [0.05, 0.1) is 11.6 Å². The molecule has 0 radical (unpaired) electrons. The summed E-state index contributed by atoms with van der Waals surface area (Å²) in [5.41, 5.74) is 0.804. The van der Waals surface area contributed by atoms with Gasteiger partial charge in [0.2, 0.25) is 5.91 Å². The van der Waals surface area contributed by atoms with Crippen molar-refractivity contribution in [1.82, 2.24) is 5.32 Å². The van der Waals surface area contributed by atoms with Crippen LogP contribution in [0.5, 0.6) is 0 Å². The molecule has 1 saturated heterocycles. The first kappa shape index (κ1) is 20.4. The van der Waals surface area contributed by atoms with Gasteiger partial charge in [-0.05, 0) is 36.8 Å². The Hall–Kier alpha value is -3.29. The zero-order valence-corrected chi connectivity index (χ0v) is 15.7. The van der Waals surface area contributed by atoms with Gasteiger partial charge in [0.25, 0.3) is 5.91 Å². The molecule has 29 heavy (non-hydrogen) atoms. The van der Waals surface area contributed by atoms with Gasteiger partial charge in [0.15, 0.2) is 6.10 Å². The topological polar surface area (TPSA) is 75.7 Å². The van der Waals surface area contributed by atoms with Gasteiger partial charge in [-0.3, -0.25) is 14.4 Å². The SMILES string of the molecule is C[C@H](OC(=O)[C@H]1CC(=O)N(c2ccccc2F)C1)C(=O)NCc1ccc(F)cc1. The second kappa shape index (κ2) is 8.81. The lowest BCUT2D eigenvalue weighted by Gasteiger charge is -2.18. The van der Waals surface area contributed by atoms with E-state index in [9.17, 15) is 23.2 Å². The number of hydrogen-bond acceptors (Lipinski definition) is 4. The number of hydrogen-bond donors (Lipinski definition) is 1. The fourth-order valence-electron chi connectivity index (χ4n) is 3.03. The van der Waals surface area contributed by atoms with Crippen LogP contribution in [0.25, 0.3) is 0 Å². The lowest BCUT2D eigenvalue weighted by Crippen LogP contribution is -2.37. The zero-order valence-electron chi connectivity index (χ0n) is 15.7. The third kappa shape index (κ3) is 4.96. The van der Waals surface area contributed by atoms with Crippen LogP contribution in [0.2, 0.25) is 0 Å². The molecule has 2 aromatic carbocycles. The molecular weight excluding hydrogens is 382 g/mol. The number of para-hydroxylation sites is 1. The Balaban J connectivity index is 1.53. The maximum absolute atomic E-state index is 13.9.